The second-order valence-corrected chi connectivity index (χ2v) is 4.70. The molecule has 1 aliphatic heterocycles. The lowest BCUT2D eigenvalue weighted by atomic mass is 10.1. The number of hydrogen-bond donors (Lipinski definition) is 0. The first-order valence-corrected chi connectivity index (χ1v) is 6.04. The molecule has 76 valence electrons. The highest BCUT2D eigenvalue weighted by atomic mass is 32.1. The van der Waals surface area contributed by atoms with E-state index in [2.05, 4.69) is 17.5 Å². The van der Waals surface area contributed by atoms with Gasteiger partial charge in [-0.1, -0.05) is 6.07 Å². The molecule has 2 rings (SSSR count). The number of amides is 1. The topological polar surface area (TPSA) is 20.3 Å². The van der Waals surface area contributed by atoms with E-state index >= 15 is 0 Å². The van der Waals surface area contributed by atoms with E-state index in [0.717, 1.165) is 32.4 Å². The minimum absolute atomic E-state index is 0.341. The van der Waals surface area contributed by atoms with Crippen molar-refractivity contribution in [3.05, 3.63) is 22.4 Å². The van der Waals surface area contributed by atoms with Gasteiger partial charge in [-0.05, 0) is 30.7 Å². The van der Waals surface area contributed by atoms with Crippen molar-refractivity contribution in [2.45, 2.75) is 25.7 Å². The van der Waals surface area contributed by atoms with Crippen molar-refractivity contribution in [1.29, 1.82) is 0 Å². The first kappa shape index (κ1) is 9.71. The Balaban J connectivity index is 1.82. The Morgan fingerprint density at radius 1 is 1.43 bits per heavy atom. The average Bonchev–Trinajstić information content (AvgIpc) is 2.69. The van der Waals surface area contributed by atoms with Crippen LogP contribution in [0, 0.1) is 0 Å². The number of likely N-dealkylation sites (tertiary alicyclic amines) is 1. The molecular formula is C11H15NOS. The van der Waals surface area contributed by atoms with Gasteiger partial charge in [0.1, 0.15) is 0 Å². The van der Waals surface area contributed by atoms with E-state index in [-0.39, 0.29) is 0 Å². The molecule has 2 heterocycles. The summed E-state index contributed by atoms with van der Waals surface area (Å²) in [6.45, 7) is 1.86. The molecule has 14 heavy (non-hydrogen) atoms. The van der Waals surface area contributed by atoms with Gasteiger partial charge in [0, 0.05) is 24.4 Å². The largest absolute Gasteiger partial charge is 0.342 e. The van der Waals surface area contributed by atoms with E-state index in [1.807, 2.05) is 4.90 Å². The predicted molar refractivity (Wildman–Crippen MR) is 58.5 cm³/mol. The van der Waals surface area contributed by atoms with Gasteiger partial charge < -0.3 is 4.90 Å². The van der Waals surface area contributed by atoms with Crippen LogP contribution in [-0.2, 0) is 11.2 Å². The highest BCUT2D eigenvalue weighted by molar-refractivity contribution is 7.09. The smallest absolute Gasteiger partial charge is 0.222 e. The van der Waals surface area contributed by atoms with E-state index < -0.39 is 0 Å². The summed E-state index contributed by atoms with van der Waals surface area (Å²) in [4.78, 5) is 14.9. The van der Waals surface area contributed by atoms with Gasteiger partial charge in [-0.15, -0.1) is 11.3 Å². The maximum Gasteiger partial charge on any atom is 0.222 e. The zero-order valence-electron chi connectivity index (χ0n) is 8.24. The second-order valence-electron chi connectivity index (χ2n) is 3.67. The molecule has 1 aromatic heterocycles. The van der Waals surface area contributed by atoms with Crippen LogP contribution in [0.25, 0.3) is 0 Å². The van der Waals surface area contributed by atoms with Crippen molar-refractivity contribution in [2.24, 2.45) is 0 Å². The number of rotatable bonds is 3. The van der Waals surface area contributed by atoms with E-state index in [1.165, 1.54) is 11.3 Å². The second kappa shape index (κ2) is 4.60. The van der Waals surface area contributed by atoms with E-state index in [9.17, 15) is 4.79 Å². The molecule has 0 radical (unpaired) electrons. The molecule has 1 aliphatic rings. The molecule has 0 spiro atoms. The summed E-state index contributed by atoms with van der Waals surface area (Å²) >= 11 is 1.77. The van der Waals surface area contributed by atoms with Crippen molar-refractivity contribution in [1.82, 2.24) is 4.90 Å². The Hall–Kier alpha value is -0.830. The number of piperidine rings is 1. The molecule has 0 N–H and O–H groups in total. The predicted octanol–water partition coefficient (Wildman–Crippen LogP) is 2.30. The molecule has 0 saturated carbocycles. The van der Waals surface area contributed by atoms with E-state index in [4.69, 9.17) is 0 Å². The van der Waals surface area contributed by atoms with Crippen LogP contribution in [0.3, 0.4) is 0 Å². The third-order valence-electron chi connectivity index (χ3n) is 2.63. The van der Waals surface area contributed by atoms with Crippen LogP contribution in [0.4, 0.5) is 0 Å². The molecule has 1 aromatic rings. The number of thiophene rings is 1. The molecule has 0 aliphatic carbocycles. The SMILES string of the molecule is O=C1CCCCN1CCc1cccs1. The Kier molecular flexibility index (Phi) is 3.19. The fourth-order valence-corrected chi connectivity index (χ4v) is 2.50. The molecule has 0 unspecified atom stereocenters. The van der Waals surface area contributed by atoms with Crippen LogP contribution in [0.1, 0.15) is 24.1 Å². The van der Waals surface area contributed by atoms with Gasteiger partial charge in [-0.3, -0.25) is 4.79 Å². The fourth-order valence-electron chi connectivity index (χ4n) is 1.80. The van der Waals surface area contributed by atoms with Gasteiger partial charge >= 0.3 is 0 Å². The summed E-state index contributed by atoms with van der Waals surface area (Å²) in [5.74, 6) is 0.341. The van der Waals surface area contributed by atoms with Crippen molar-refractivity contribution in [2.75, 3.05) is 13.1 Å². The van der Waals surface area contributed by atoms with Gasteiger partial charge in [-0.25, -0.2) is 0 Å². The minimum Gasteiger partial charge on any atom is -0.342 e. The summed E-state index contributed by atoms with van der Waals surface area (Å²) in [6.07, 6.45) is 4.03. The number of carbonyl (C=O) groups excluding carboxylic acids is 1. The maximum absolute atomic E-state index is 11.5. The average molecular weight is 209 g/mol. The lowest BCUT2D eigenvalue weighted by molar-refractivity contribution is -0.133. The lowest BCUT2D eigenvalue weighted by Gasteiger charge is -2.26. The monoisotopic (exact) mass is 209 g/mol. The van der Waals surface area contributed by atoms with Gasteiger partial charge in [0.05, 0.1) is 0 Å². The van der Waals surface area contributed by atoms with Crippen molar-refractivity contribution >= 4 is 17.2 Å². The molecule has 0 bridgehead atoms. The summed E-state index contributed by atoms with van der Waals surface area (Å²) in [7, 11) is 0. The number of hydrogen-bond acceptors (Lipinski definition) is 2. The van der Waals surface area contributed by atoms with Gasteiger partial charge in [0.15, 0.2) is 0 Å². The van der Waals surface area contributed by atoms with Crippen LogP contribution in [0.15, 0.2) is 17.5 Å². The molecule has 1 saturated heterocycles. The Bertz CT molecular complexity index is 294. The molecule has 1 amide bonds. The van der Waals surface area contributed by atoms with Gasteiger partial charge in [-0.2, -0.15) is 0 Å². The number of carbonyl (C=O) groups is 1. The maximum atomic E-state index is 11.5. The molecule has 0 atom stereocenters. The molecule has 1 fully saturated rings. The van der Waals surface area contributed by atoms with Gasteiger partial charge in [0.25, 0.3) is 0 Å². The van der Waals surface area contributed by atoms with Gasteiger partial charge in [0.2, 0.25) is 5.91 Å². The van der Waals surface area contributed by atoms with Crippen molar-refractivity contribution in [3.63, 3.8) is 0 Å². The first-order valence-electron chi connectivity index (χ1n) is 5.16. The summed E-state index contributed by atoms with van der Waals surface area (Å²) < 4.78 is 0. The summed E-state index contributed by atoms with van der Waals surface area (Å²) in [5.41, 5.74) is 0. The van der Waals surface area contributed by atoms with Crippen LogP contribution in [0.2, 0.25) is 0 Å². The molecular weight excluding hydrogens is 194 g/mol. The Labute approximate surface area is 88.5 Å². The zero-order chi connectivity index (χ0) is 9.80. The zero-order valence-corrected chi connectivity index (χ0v) is 9.05. The fraction of sp³-hybridized carbons (Fsp3) is 0.545. The third kappa shape index (κ3) is 2.35. The summed E-state index contributed by atoms with van der Waals surface area (Å²) in [6, 6.07) is 4.21. The highest BCUT2D eigenvalue weighted by Crippen LogP contribution is 2.13. The van der Waals surface area contributed by atoms with Crippen LogP contribution in [-0.4, -0.2) is 23.9 Å². The molecule has 2 nitrogen and oxygen atoms in total. The van der Waals surface area contributed by atoms with Crippen LogP contribution < -0.4 is 0 Å². The van der Waals surface area contributed by atoms with Crippen molar-refractivity contribution < 1.29 is 4.79 Å². The van der Waals surface area contributed by atoms with Crippen LogP contribution >= 0.6 is 11.3 Å². The minimum atomic E-state index is 0.341. The molecule has 3 heteroatoms. The highest BCUT2D eigenvalue weighted by Gasteiger charge is 2.17. The Morgan fingerprint density at radius 2 is 2.36 bits per heavy atom. The number of nitrogens with zero attached hydrogens (tertiary/aromatic N) is 1. The quantitative estimate of drug-likeness (QED) is 0.748. The van der Waals surface area contributed by atoms with E-state index in [0.29, 0.717) is 5.91 Å². The normalized spacial score (nSPS) is 17.4. The Morgan fingerprint density at radius 3 is 3.07 bits per heavy atom. The standard InChI is InChI=1S/C11H15NOS/c13-11-5-1-2-7-12(11)8-6-10-4-3-9-14-10/h3-4,9H,1-2,5-8H2. The lowest BCUT2D eigenvalue weighted by Crippen LogP contribution is -2.36. The van der Waals surface area contributed by atoms with Crippen LogP contribution in [0.5, 0.6) is 0 Å². The van der Waals surface area contributed by atoms with Crippen molar-refractivity contribution in [3.8, 4) is 0 Å². The first-order chi connectivity index (χ1) is 6.86. The molecule has 0 aromatic carbocycles. The summed E-state index contributed by atoms with van der Waals surface area (Å²) in [5, 5.41) is 2.09. The third-order valence-corrected chi connectivity index (χ3v) is 3.57. The van der Waals surface area contributed by atoms with E-state index in [1.54, 1.807) is 11.3 Å².